The van der Waals surface area contributed by atoms with E-state index in [1.54, 1.807) is 29.7 Å². The fourth-order valence-electron chi connectivity index (χ4n) is 3.21. The van der Waals surface area contributed by atoms with E-state index in [2.05, 4.69) is 16.5 Å². The van der Waals surface area contributed by atoms with Gasteiger partial charge in [-0.25, -0.2) is 9.37 Å². The zero-order chi connectivity index (χ0) is 21.7. The minimum atomic E-state index is -0.669. The van der Waals surface area contributed by atoms with Crippen LogP contribution in [0.2, 0.25) is 0 Å². The number of hydrogen-bond acceptors (Lipinski definition) is 6. The van der Waals surface area contributed by atoms with Crippen molar-refractivity contribution in [3.05, 3.63) is 64.3 Å². The van der Waals surface area contributed by atoms with Crippen LogP contribution in [0, 0.1) is 5.82 Å². The van der Waals surface area contributed by atoms with E-state index in [-0.39, 0.29) is 24.0 Å². The van der Waals surface area contributed by atoms with Crippen LogP contribution in [0.1, 0.15) is 19.7 Å². The maximum absolute atomic E-state index is 14.2. The van der Waals surface area contributed by atoms with Crippen molar-refractivity contribution in [2.24, 2.45) is 0 Å². The highest BCUT2D eigenvalue weighted by Crippen LogP contribution is 2.32. The van der Waals surface area contributed by atoms with Crippen LogP contribution in [0.25, 0.3) is 21.3 Å². The Morgan fingerprint density at radius 3 is 2.83 bits per heavy atom. The molecular formula is C22H26FN3O3S. The second-order valence-corrected chi connectivity index (χ2v) is 8.18. The number of benzene rings is 1. The van der Waals surface area contributed by atoms with Gasteiger partial charge in [0.25, 0.3) is 5.56 Å². The fraction of sp³-hybridized carbons (Fsp3) is 0.364. The number of aliphatic hydroxyl groups excluding tert-OH is 1. The summed E-state index contributed by atoms with van der Waals surface area (Å²) in [6, 6.07) is 6.51. The third kappa shape index (κ3) is 5.20. The van der Waals surface area contributed by atoms with Crippen LogP contribution in [0.4, 0.5) is 4.39 Å². The second-order valence-electron chi connectivity index (χ2n) is 7.33. The van der Waals surface area contributed by atoms with Gasteiger partial charge in [-0.2, -0.15) is 0 Å². The summed E-state index contributed by atoms with van der Waals surface area (Å²) in [6.45, 7) is 8.93. The van der Waals surface area contributed by atoms with Crippen LogP contribution in [0.15, 0.2) is 47.1 Å². The van der Waals surface area contributed by atoms with Gasteiger partial charge < -0.3 is 14.8 Å². The maximum Gasteiger partial charge on any atom is 0.260 e. The molecule has 1 atom stereocenters. The van der Waals surface area contributed by atoms with Gasteiger partial charge in [0, 0.05) is 29.1 Å². The molecule has 8 heteroatoms. The van der Waals surface area contributed by atoms with E-state index in [0.29, 0.717) is 46.9 Å². The molecule has 0 aliphatic heterocycles. The number of rotatable bonds is 10. The van der Waals surface area contributed by atoms with E-state index >= 15 is 0 Å². The van der Waals surface area contributed by atoms with Gasteiger partial charge in [-0.3, -0.25) is 9.69 Å². The lowest BCUT2D eigenvalue weighted by Crippen LogP contribution is -2.39. The molecule has 0 saturated heterocycles. The minimum absolute atomic E-state index is 0.123. The molecule has 0 aliphatic rings. The van der Waals surface area contributed by atoms with E-state index in [0.717, 1.165) is 0 Å². The summed E-state index contributed by atoms with van der Waals surface area (Å²) < 4.78 is 19.5. The number of fused-ring (bicyclic) bond motifs is 1. The first-order valence-electron chi connectivity index (χ1n) is 9.76. The first-order valence-corrected chi connectivity index (χ1v) is 10.6. The number of nitrogens with one attached hydrogen (secondary N) is 1. The van der Waals surface area contributed by atoms with Crippen molar-refractivity contribution < 1.29 is 14.2 Å². The Labute approximate surface area is 178 Å². The zero-order valence-corrected chi connectivity index (χ0v) is 17.9. The van der Waals surface area contributed by atoms with Gasteiger partial charge in [0.1, 0.15) is 16.5 Å². The van der Waals surface area contributed by atoms with Crippen LogP contribution in [0.3, 0.4) is 0 Å². The molecule has 0 fully saturated rings. The van der Waals surface area contributed by atoms with Gasteiger partial charge in [-0.05, 0) is 19.9 Å². The monoisotopic (exact) mass is 431 g/mol. The van der Waals surface area contributed by atoms with Gasteiger partial charge >= 0.3 is 0 Å². The van der Waals surface area contributed by atoms with E-state index in [4.69, 9.17) is 4.74 Å². The van der Waals surface area contributed by atoms with Gasteiger partial charge in [0.05, 0.1) is 31.2 Å². The summed E-state index contributed by atoms with van der Waals surface area (Å²) in [5.74, 6) is 0.127. The Hall–Kier alpha value is -2.39. The fourth-order valence-corrected chi connectivity index (χ4v) is 4.17. The van der Waals surface area contributed by atoms with Crippen molar-refractivity contribution in [3.8, 4) is 11.1 Å². The SMILES string of the molecule is C=CCOCC(O)CN(Cc1nc2scc(-c3ccccc3F)c2c(=O)[nH]1)C(C)C. The second kappa shape index (κ2) is 10.1. The van der Waals surface area contributed by atoms with E-state index in [9.17, 15) is 14.3 Å². The lowest BCUT2D eigenvalue weighted by molar-refractivity contribution is 0.0172. The van der Waals surface area contributed by atoms with Gasteiger partial charge in [-0.1, -0.05) is 24.3 Å². The van der Waals surface area contributed by atoms with Gasteiger partial charge in [0.2, 0.25) is 0 Å². The average Bonchev–Trinajstić information content (AvgIpc) is 3.12. The largest absolute Gasteiger partial charge is 0.389 e. The molecule has 3 rings (SSSR count). The molecule has 6 nitrogen and oxygen atoms in total. The first-order chi connectivity index (χ1) is 14.4. The molecule has 30 heavy (non-hydrogen) atoms. The highest BCUT2D eigenvalue weighted by molar-refractivity contribution is 7.17. The van der Waals surface area contributed by atoms with Crippen molar-refractivity contribution in [1.29, 1.82) is 0 Å². The molecule has 2 aromatic heterocycles. The Morgan fingerprint density at radius 2 is 2.13 bits per heavy atom. The van der Waals surface area contributed by atoms with E-state index < -0.39 is 6.10 Å². The molecule has 0 bridgehead atoms. The van der Waals surface area contributed by atoms with E-state index in [1.807, 2.05) is 18.7 Å². The smallest absolute Gasteiger partial charge is 0.260 e. The van der Waals surface area contributed by atoms with Crippen molar-refractivity contribution in [2.45, 2.75) is 32.5 Å². The predicted molar refractivity (Wildman–Crippen MR) is 118 cm³/mol. The number of halogens is 1. The molecule has 0 radical (unpaired) electrons. The number of H-pyrrole nitrogens is 1. The molecule has 160 valence electrons. The molecule has 1 aromatic carbocycles. The number of ether oxygens (including phenoxy) is 1. The number of aromatic nitrogens is 2. The Bertz CT molecular complexity index is 1060. The molecule has 3 aromatic rings. The Balaban J connectivity index is 1.83. The highest BCUT2D eigenvalue weighted by Gasteiger charge is 2.19. The summed E-state index contributed by atoms with van der Waals surface area (Å²) in [4.78, 5) is 22.8. The summed E-state index contributed by atoms with van der Waals surface area (Å²) in [5.41, 5.74) is 0.632. The summed E-state index contributed by atoms with van der Waals surface area (Å²) in [7, 11) is 0. The molecule has 2 heterocycles. The molecular weight excluding hydrogens is 405 g/mol. The average molecular weight is 432 g/mol. The van der Waals surface area contributed by atoms with Crippen LogP contribution in [-0.4, -0.2) is 51.9 Å². The van der Waals surface area contributed by atoms with Crippen LogP contribution >= 0.6 is 11.3 Å². The topological polar surface area (TPSA) is 78.5 Å². The number of nitrogens with zero attached hydrogens (tertiary/aromatic N) is 2. The highest BCUT2D eigenvalue weighted by atomic mass is 32.1. The summed E-state index contributed by atoms with van der Waals surface area (Å²) in [5, 5.41) is 12.4. The van der Waals surface area contributed by atoms with Crippen molar-refractivity contribution >= 4 is 21.6 Å². The third-order valence-electron chi connectivity index (χ3n) is 4.73. The lowest BCUT2D eigenvalue weighted by Gasteiger charge is -2.28. The van der Waals surface area contributed by atoms with Crippen LogP contribution in [0.5, 0.6) is 0 Å². The molecule has 1 unspecified atom stereocenters. The Morgan fingerprint density at radius 1 is 1.37 bits per heavy atom. The van der Waals surface area contributed by atoms with Crippen molar-refractivity contribution in [1.82, 2.24) is 14.9 Å². The lowest BCUT2D eigenvalue weighted by atomic mass is 10.1. The first kappa shape index (κ1) is 22.3. The number of aliphatic hydroxyl groups is 1. The quantitative estimate of drug-likeness (QED) is 0.379. The minimum Gasteiger partial charge on any atom is -0.389 e. The molecule has 2 N–H and O–H groups in total. The molecule has 0 saturated carbocycles. The molecule has 0 amide bonds. The predicted octanol–water partition coefficient (Wildman–Crippen LogP) is 3.56. The van der Waals surface area contributed by atoms with E-state index in [1.165, 1.54) is 17.4 Å². The van der Waals surface area contributed by atoms with Gasteiger partial charge in [0.15, 0.2) is 0 Å². The van der Waals surface area contributed by atoms with Crippen LogP contribution < -0.4 is 5.56 Å². The normalized spacial score (nSPS) is 12.7. The Kier molecular flexibility index (Phi) is 7.49. The maximum atomic E-state index is 14.2. The molecule has 0 spiro atoms. The summed E-state index contributed by atoms with van der Waals surface area (Å²) in [6.07, 6.45) is 0.963. The van der Waals surface area contributed by atoms with Crippen molar-refractivity contribution in [3.63, 3.8) is 0 Å². The number of aromatic amines is 1. The number of hydrogen-bond donors (Lipinski definition) is 2. The van der Waals surface area contributed by atoms with Gasteiger partial charge in [-0.15, -0.1) is 17.9 Å². The standard InChI is InChI=1S/C22H26FN3O3S/c1-4-9-29-12-15(27)10-26(14(2)3)11-19-24-21(28)20-17(13-30-22(20)25-19)16-7-5-6-8-18(16)23/h4-8,13-15,27H,1,9-12H2,2-3H3,(H,24,25,28). The third-order valence-corrected chi connectivity index (χ3v) is 5.60. The van der Waals surface area contributed by atoms with Crippen LogP contribution in [-0.2, 0) is 11.3 Å². The number of thiophene rings is 1. The zero-order valence-electron chi connectivity index (χ0n) is 17.1. The summed E-state index contributed by atoms with van der Waals surface area (Å²) >= 11 is 1.31. The van der Waals surface area contributed by atoms with Crippen molar-refractivity contribution in [2.75, 3.05) is 19.8 Å². The molecule has 0 aliphatic carbocycles.